The Kier molecular flexibility index (Phi) is 8.16. The van der Waals surface area contributed by atoms with Crippen LogP contribution in [0.1, 0.15) is 74.7 Å². The Morgan fingerprint density at radius 1 is 1.16 bits per heavy atom. The van der Waals surface area contributed by atoms with Gasteiger partial charge < -0.3 is 4.74 Å². The van der Waals surface area contributed by atoms with E-state index in [1.807, 2.05) is 6.08 Å². The van der Waals surface area contributed by atoms with Gasteiger partial charge in [-0.2, -0.15) is 0 Å². The van der Waals surface area contributed by atoms with Crippen molar-refractivity contribution in [3.05, 3.63) is 76.9 Å². The predicted octanol–water partition coefficient (Wildman–Crippen LogP) is 8.69. The average molecular weight is 447 g/mol. The van der Waals surface area contributed by atoms with Crippen LogP contribution in [-0.2, 0) is 6.67 Å². The summed E-state index contributed by atoms with van der Waals surface area (Å²) in [7, 11) is 0. The van der Waals surface area contributed by atoms with Crippen molar-refractivity contribution in [1.82, 2.24) is 0 Å². The molecular formula is C27H30F4O. The Balaban J connectivity index is 2.02. The second kappa shape index (κ2) is 10.8. The van der Waals surface area contributed by atoms with Crippen molar-refractivity contribution in [1.29, 1.82) is 0 Å². The summed E-state index contributed by atoms with van der Waals surface area (Å²) in [5.74, 6) is -1.58. The van der Waals surface area contributed by atoms with Crippen LogP contribution < -0.4 is 4.74 Å². The van der Waals surface area contributed by atoms with Crippen LogP contribution in [0.2, 0.25) is 0 Å². The molecule has 0 spiro atoms. The highest BCUT2D eigenvalue weighted by Gasteiger charge is 2.27. The van der Waals surface area contributed by atoms with Gasteiger partial charge in [-0.05, 0) is 74.6 Å². The van der Waals surface area contributed by atoms with Crippen LogP contribution in [0, 0.1) is 11.6 Å². The number of hydrogen-bond donors (Lipinski definition) is 0. The van der Waals surface area contributed by atoms with Crippen molar-refractivity contribution in [3.63, 3.8) is 0 Å². The molecule has 2 aromatic carbocycles. The SMILES string of the molecule is C=CCCC1=CCC(c2ccc(-c3ccc(OCC)c(F)c3CF)c(C(C)F)c2F)CC1. The van der Waals surface area contributed by atoms with Crippen molar-refractivity contribution in [2.24, 2.45) is 0 Å². The third-order valence-electron chi connectivity index (χ3n) is 6.15. The second-order valence-electron chi connectivity index (χ2n) is 8.18. The Labute approximate surface area is 187 Å². The molecule has 1 aliphatic rings. The molecule has 0 saturated carbocycles. The normalized spacial score (nSPS) is 17.1. The van der Waals surface area contributed by atoms with Crippen LogP contribution >= 0.6 is 0 Å². The first kappa shape index (κ1) is 24.1. The maximum absolute atomic E-state index is 15.6. The maximum atomic E-state index is 15.6. The Morgan fingerprint density at radius 2 is 1.91 bits per heavy atom. The van der Waals surface area contributed by atoms with Gasteiger partial charge in [0.1, 0.15) is 18.7 Å². The highest BCUT2D eigenvalue weighted by Crippen LogP contribution is 2.42. The molecule has 0 aliphatic heterocycles. The van der Waals surface area contributed by atoms with Gasteiger partial charge in [0.2, 0.25) is 0 Å². The van der Waals surface area contributed by atoms with Crippen LogP contribution in [0.15, 0.2) is 48.6 Å². The van der Waals surface area contributed by atoms with Gasteiger partial charge in [-0.25, -0.2) is 17.6 Å². The number of benzene rings is 2. The van der Waals surface area contributed by atoms with Gasteiger partial charge in [0, 0.05) is 11.1 Å². The summed E-state index contributed by atoms with van der Waals surface area (Å²) < 4.78 is 64.0. The number of ether oxygens (including phenoxy) is 1. The van der Waals surface area contributed by atoms with E-state index in [0.717, 1.165) is 25.7 Å². The molecule has 0 aromatic heterocycles. The average Bonchev–Trinajstić information content (AvgIpc) is 2.79. The van der Waals surface area contributed by atoms with Crippen LogP contribution in [0.4, 0.5) is 17.6 Å². The lowest BCUT2D eigenvalue weighted by atomic mass is 9.81. The quantitative estimate of drug-likeness (QED) is 0.276. The number of hydrogen-bond acceptors (Lipinski definition) is 1. The highest BCUT2D eigenvalue weighted by molar-refractivity contribution is 5.73. The van der Waals surface area contributed by atoms with E-state index in [1.165, 1.54) is 24.6 Å². The molecule has 0 radical (unpaired) electrons. The molecule has 0 heterocycles. The first-order valence-corrected chi connectivity index (χ1v) is 11.2. The molecule has 0 amide bonds. The van der Waals surface area contributed by atoms with E-state index < -0.39 is 24.5 Å². The van der Waals surface area contributed by atoms with Crippen LogP contribution in [0.3, 0.4) is 0 Å². The molecule has 2 aromatic rings. The minimum atomic E-state index is -1.63. The second-order valence-corrected chi connectivity index (χ2v) is 8.18. The molecule has 0 fully saturated rings. The van der Waals surface area contributed by atoms with Crippen molar-refractivity contribution < 1.29 is 22.3 Å². The summed E-state index contributed by atoms with van der Waals surface area (Å²) in [5, 5.41) is 0. The third kappa shape index (κ3) is 4.92. The Bertz CT molecular complexity index is 994. The fraction of sp³-hybridized carbons (Fsp3) is 0.407. The molecule has 172 valence electrons. The Hall–Kier alpha value is -2.56. The maximum Gasteiger partial charge on any atom is 0.171 e. The molecule has 0 saturated heterocycles. The lowest BCUT2D eigenvalue weighted by Gasteiger charge is -2.25. The fourth-order valence-corrected chi connectivity index (χ4v) is 4.48. The zero-order valence-electron chi connectivity index (χ0n) is 18.7. The topological polar surface area (TPSA) is 9.23 Å². The van der Waals surface area contributed by atoms with Gasteiger partial charge in [0.05, 0.1) is 6.61 Å². The third-order valence-corrected chi connectivity index (χ3v) is 6.15. The van der Waals surface area contributed by atoms with Gasteiger partial charge in [-0.1, -0.05) is 35.9 Å². The van der Waals surface area contributed by atoms with Crippen molar-refractivity contribution in [3.8, 4) is 16.9 Å². The molecule has 1 aliphatic carbocycles. The van der Waals surface area contributed by atoms with Crippen LogP contribution in [0.25, 0.3) is 11.1 Å². The summed E-state index contributed by atoms with van der Waals surface area (Å²) in [4.78, 5) is 0. The van der Waals surface area contributed by atoms with Crippen molar-refractivity contribution >= 4 is 0 Å². The summed E-state index contributed by atoms with van der Waals surface area (Å²) in [6, 6.07) is 6.08. The molecule has 2 unspecified atom stereocenters. The monoisotopic (exact) mass is 446 g/mol. The zero-order valence-corrected chi connectivity index (χ0v) is 18.7. The molecule has 0 N–H and O–H groups in total. The minimum Gasteiger partial charge on any atom is -0.491 e. The highest BCUT2D eigenvalue weighted by atomic mass is 19.1. The largest absolute Gasteiger partial charge is 0.491 e. The fourth-order valence-electron chi connectivity index (χ4n) is 4.48. The molecule has 1 nitrogen and oxygen atoms in total. The summed E-state index contributed by atoms with van der Waals surface area (Å²) >= 11 is 0. The number of alkyl halides is 2. The molecule has 32 heavy (non-hydrogen) atoms. The zero-order chi connectivity index (χ0) is 23.3. The van der Waals surface area contributed by atoms with E-state index in [0.29, 0.717) is 12.0 Å². The molecular weight excluding hydrogens is 416 g/mol. The van der Waals surface area contributed by atoms with E-state index in [-0.39, 0.29) is 40.5 Å². The van der Waals surface area contributed by atoms with Gasteiger partial charge in [-0.3, -0.25) is 0 Å². The van der Waals surface area contributed by atoms with Gasteiger partial charge in [-0.15, -0.1) is 6.58 Å². The van der Waals surface area contributed by atoms with Crippen LogP contribution in [0.5, 0.6) is 5.75 Å². The molecule has 3 rings (SSSR count). The summed E-state index contributed by atoms with van der Waals surface area (Å²) in [5.41, 5.74) is 1.72. The summed E-state index contributed by atoms with van der Waals surface area (Å²) in [6.45, 7) is 5.81. The number of allylic oxidation sites excluding steroid dienone is 3. The van der Waals surface area contributed by atoms with Crippen LogP contribution in [-0.4, -0.2) is 6.61 Å². The molecule has 5 heteroatoms. The Morgan fingerprint density at radius 3 is 2.50 bits per heavy atom. The van der Waals surface area contributed by atoms with Crippen molar-refractivity contribution in [2.75, 3.05) is 6.61 Å². The van der Waals surface area contributed by atoms with Crippen molar-refractivity contribution in [2.45, 2.75) is 64.7 Å². The lowest BCUT2D eigenvalue weighted by molar-refractivity contribution is 0.318. The van der Waals surface area contributed by atoms with Gasteiger partial charge >= 0.3 is 0 Å². The van der Waals surface area contributed by atoms with E-state index in [1.54, 1.807) is 19.1 Å². The number of rotatable bonds is 9. The minimum absolute atomic E-state index is 0.0493. The molecule has 0 bridgehead atoms. The van der Waals surface area contributed by atoms with Gasteiger partial charge in [0.15, 0.2) is 11.6 Å². The standard InChI is InChI=1S/C27H30F4O/c1-4-6-7-18-8-10-19(11-9-18)20-12-13-22(25(17(3)29)27(20)31)21-14-15-24(32-5-2)26(30)23(21)16-28/h4,8,12-15,17,19H,1,5-7,9-11,16H2,2-3H3. The first-order valence-electron chi connectivity index (χ1n) is 11.2. The van der Waals surface area contributed by atoms with E-state index in [4.69, 9.17) is 4.74 Å². The van der Waals surface area contributed by atoms with E-state index >= 15 is 4.39 Å². The van der Waals surface area contributed by atoms with Gasteiger partial charge in [0.25, 0.3) is 0 Å². The molecule has 2 atom stereocenters. The predicted molar refractivity (Wildman–Crippen MR) is 121 cm³/mol. The summed E-state index contributed by atoms with van der Waals surface area (Å²) in [6.07, 6.45) is 6.62. The van der Waals surface area contributed by atoms with E-state index in [9.17, 15) is 13.2 Å². The smallest absolute Gasteiger partial charge is 0.171 e. The van der Waals surface area contributed by atoms with E-state index in [2.05, 4.69) is 12.7 Å². The number of halogens is 4. The first-order chi connectivity index (χ1) is 15.4. The lowest BCUT2D eigenvalue weighted by Crippen LogP contribution is -2.10.